The molecule has 0 heterocycles. The van der Waals surface area contributed by atoms with Crippen molar-refractivity contribution in [1.82, 2.24) is 0 Å². The third-order valence-electron chi connectivity index (χ3n) is 3.32. The molecule has 0 aromatic heterocycles. The highest BCUT2D eigenvalue weighted by Crippen LogP contribution is 2.14. The van der Waals surface area contributed by atoms with Gasteiger partial charge in [-0.25, -0.2) is 0 Å². The molecule has 2 heteroatoms. The smallest absolute Gasteiger partial charge is 0.302 e. The molecule has 0 saturated heterocycles. The molecule has 2 nitrogen and oxygen atoms in total. The van der Waals surface area contributed by atoms with Crippen LogP contribution in [0.25, 0.3) is 0 Å². The molecule has 1 unspecified atom stereocenters. The lowest BCUT2D eigenvalue weighted by Crippen LogP contribution is -2.15. The minimum Gasteiger partial charge on any atom is -0.463 e. The van der Waals surface area contributed by atoms with Crippen LogP contribution < -0.4 is 0 Å². The standard InChI is InChI=1S/C16H32O2/c1-4-6-7-8-9-10-11-12-14-16(13-5-2)18-15(3)17/h16H,4-14H2,1-3H3. The van der Waals surface area contributed by atoms with Crippen LogP contribution in [-0.4, -0.2) is 12.1 Å². The molecule has 0 amide bonds. The SMILES string of the molecule is CCCCCCCCCCC(CCC)OC(C)=O. The Balaban J connectivity index is 3.40. The molecule has 0 radical (unpaired) electrons. The van der Waals surface area contributed by atoms with Crippen LogP contribution >= 0.6 is 0 Å². The quantitative estimate of drug-likeness (QED) is 0.352. The Bertz CT molecular complexity index is 190. The summed E-state index contributed by atoms with van der Waals surface area (Å²) in [5, 5.41) is 0. The first kappa shape index (κ1) is 17.5. The largest absolute Gasteiger partial charge is 0.463 e. The Morgan fingerprint density at radius 2 is 1.39 bits per heavy atom. The number of carbonyl (C=O) groups excluding carboxylic acids is 1. The van der Waals surface area contributed by atoms with Crippen molar-refractivity contribution in [2.24, 2.45) is 0 Å². The second-order valence-electron chi connectivity index (χ2n) is 5.28. The van der Waals surface area contributed by atoms with Gasteiger partial charge in [0.05, 0.1) is 0 Å². The average Bonchev–Trinajstić information content (AvgIpc) is 2.32. The van der Waals surface area contributed by atoms with Crippen LogP contribution in [0.2, 0.25) is 0 Å². The molecule has 0 aliphatic heterocycles. The first-order chi connectivity index (χ1) is 8.70. The van der Waals surface area contributed by atoms with Crippen molar-refractivity contribution in [2.45, 2.75) is 97.5 Å². The predicted molar refractivity (Wildman–Crippen MR) is 77.7 cm³/mol. The molecule has 18 heavy (non-hydrogen) atoms. The van der Waals surface area contributed by atoms with Crippen molar-refractivity contribution in [2.75, 3.05) is 0 Å². The van der Waals surface area contributed by atoms with E-state index in [2.05, 4.69) is 13.8 Å². The van der Waals surface area contributed by atoms with Crippen LogP contribution in [-0.2, 0) is 9.53 Å². The van der Waals surface area contributed by atoms with Crippen LogP contribution in [0.3, 0.4) is 0 Å². The van der Waals surface area contributed by atoms with Crippen LogP contribution in [0.15, 0.2) is 0 Å². The number of unbranched alkanes of at least 4 members (excludes halogenated alkanes) is 7. The Hall–Kier alpha value is -0.530. The number of carbonyl (C=O) groups is 1. The third-order valence-corrected chi connectivity index (χ3v) is 3.32. The van der Waals surface area contributed by atoms with Gasteiger partial charge in [-0.3, -0.25) is 4.79 Å². The zero-order chi connectivity index (χ0) is 13.6. The molecule has 0 aliphatic rings. The summed E-state index contributed by atoms with van der Waals surface area (Å²) in [5.41, 5.74) is 0. The molecule has 0 spiro atoms. The summed E-state index contributed by atoms with van der Waals surface area (Å²) in [7, 11) is 0. The number of esters is 1. The summed E-state index contributed by atoms with van der Waals surface area (Å²) in [4.78, 5) is 10.9. The third kappa shape index (κ3) is 11.9. The fraction of sp³-hybridized carbons (Fsp3) is 0.938. The van der Waals surface area contributed by atoms with E-state index in [9.17, 15) is 4.79 Å². The van der Waals surface area contributed by atoms with Crippen LogP contribution in [0.1, 0.15) is 91.4 Å². The van der Waals surface area contributed by atoms with Gasteiger partial charge in [-0.05, 0) is 19.3 Å². The molecule has 0 saturated carbocycles. The van der Waals surface area contributed by atoms with Crippen molar-refractivity contribution in [3.8, 4) is 0 Å². The van der Waals surface area contributed by atoms with Gasteiger partial charge < -0.3 is 4.74 Å². The van der Waals surface area contributed by atoms with Gasteiger partial charge in [0.2, 0.25) is 0 Å². The minimum absolute atomic E-state index is 0.131. The zero-order valence-electron chi connectivity index (χ0n) is 12.7. The van der Waals surface area contributed by atoms with E-state index >= 15 is 0 Å². The van der Waals surface area contributed by atoms with E-state index in [0.717, 1.165) is 19.3 Å². The summed E-state index contributed by atoms with van der Waals surface area (Å²) in [6.45, 7) is 5.91. The Morgan fingerprint density at radius 3 is 1.89 bits per heavy atom. The first-order valence-corrected chi connectivity index (χ1v) is 7.87. The van der Waals surface area contributed by atoms with E-state index in [1.54, 1.807) is 0 Å². The normalized spacial score (nSPS) is 12.4. The molecular weight excluding hydrogens is 224 g/mol. The fourth-order valence-electron chi connectivity index (χ4n) is 2.32. The number of rotatable bonds is 12. The van der Waals surface area contributed by atoms with Gasteiger partial charge in [-0.15, -0.1) is 0 Å². The Labute approximate surface area is 113 Å². The van der Waals surface area contributed by atoms with Crippen LogP contribution in [0.5, 0.6) is 0 Å². The van der Waals surface area contributed by atoms with E-state index in [0.29, 0.717) is 0 Å². The van der Waals surface area contributed by atoms with Crippen LogP contribution in [0.4, 0.5) is 0 Å². The number of hydrogen-bond donors (Lipinski definition) is 0. The van der Waals surface area contributed by atoms with E-state index in [-0.39, 0.29) is 12.1 Å². The lowest BCUT2D eigenvalue weighted by atomic mass is 10.0. The van der Waals surface area contributed by atoms with Gasteiger partial charge in [0.25, 0.3) is 0 Å². The molecule has 0 aliphatic carbocycles. The Morgan fingerprint density at radius 1 is 0.833 bits per heavy atom. The molecule has 0 aromatic carbocycles. The molecule has 1 atom stereocenters. The zero-order valence-corrected chi connectivity index (χ0v) is 12.7. The summed E-state index contributed by atoms with van der Waals surface area (Å²) >= 11 is 0. The lowest BCUT2D eigenvalue weighted by molar-refractivity contribution is -0.147. The van der Waals surface area contributed by atoms with E-state index in [1.807, 2.05) is 0 Å². The highest BCUT2D eigenvalue weighted by molar-refractivity contribution is 5.66. The van der Waals surface area contributed by atoms with Crippen molar-refractivity contribution < 1.29 is 9.53 Å². The van der Waals surface area contributed by atoms with Crippen molar-refractivity contribution in [3.63, 3.8) is 0 Å². The van der Waals surface area contributed by atoms with Gasteiger partial charge in [0.15, 0.2) is 0 Å². The average molecular weight is 256 g/mol. The van der Waals surface area contributed by atoms with Crippen molar-refractivity contribution in [3.05, 3.63) is 0 Å². The number of hydrogen-bond acceptors (Lipinski definition) is 2. The lowest BCUT2D eigenvalue weighted by Gasteiger charge is -2.15. The first-order valence-electron chi connectivity index (χ1n) is 7.87. The van der Waals surface area contributed by atoms with Crippen LogP contribution in [0, 0.1) is 0 Å². The molecule has 0 rings (SSSR count). The molecule has 0 aromatic rings. The van der Waals surface area contributed by atoms with Gasteiger partial charge in [-0.1, -0.05) is 65.2 Å². The number of ether oxygens (including phenoxy) is 1. The summed E-state index contributed by atoms with van der Waals surface area (Å²) < 4.78 is 5.31. The summed E-state index contributed by atoms with van der Waals surface area (Å²) in [6.07, 6.45) is 14.0. The fourth-order valence-corrected chi connectivity index (χ4v) is 2.32. The molecule has 0 fully saturated rings. The second kappa shape index (κ2) is 12.9. The van der Waals surface area contributed by atoms with Gasteiger partial charge in [0.1, 0.15) is 6.10 Å². The maximum Gasteiger partial charge on any atom is 0.302 e. The van der Waals surface area contributed by atoms with Gasteiger partial charge in [0, 0.05) is 6.92 Å². The maximum atomic E-state index is 10.9. The van der Waals surface area contributed by atoms with Gasteiger partial charge in [-0.2, -0.15) is 0 Å². The monoisotopic (exact) mass is 256 g/mol. The second-order valence-corrected chi connectivity index (χ2v) is 5.28. The Kier molecular flexibility index (Phi) is 12.5. The summed E-state index contributed by atoms with van der Waals surface area (Å²) in [5.74, 6) is -0.131. The molecule has 108 valence electrons. The van der Waals surface area contributed by atoms with Crippen molar-refractivity contribution in [1.29, 1.82) is 0 Å². The molecule has 0 N–H and O–H groups in total. The van der Waals surface area contributed by atoms with E-state index in [4.69, 9.17) is 4.74 Å². The van der Waals surface area contributed by atoms with E-state index in [1.165, 1.54) is 58.3 Å². The topological polar surface area (TPSA) is 26.3 Å². The molecular formula is C16H32O2. The summed E-state index contributed by atoms with van der Waals surface area (Å²) in [6, 6.07) is 0. The predicted octanol–water partition coefficient (Wildman–Crippen LogP) is 5.25. The minimum atomic E-state index is -0.131. The van der Waals surface area contributed by atoms with Gasteiger partial charge >= 0.3 is 5.97 Å². The maximum absolute atomic E-state index is 10.9. The molecule has 0 bridgehead atoms. The van der Waals surface area contributed by atoms with E-state index < -0.39 is 0 Å². The highest BCUT2D eigenvalue weighted by atomic mass is 16.5. The van der Waals surface area contributed by atoms with Crippen molar-refractivity contribution >= 4 is 5.97 Å². The highest BCUT2D eigenvalue weighted by Gasteiger charge is 2.10.